The zero-order valence-corrected chi connectivity index (χ0v) is 18.3. The molecular formula is C23H28F3N3O3. The van der Waals surface area contributed by atoms with Crippen LogP contribution >= 0.6 is 0 Å². The second-order valence-corrected chi connectivity index (χ2v) is 8.20. The van der Waals surface area contributed by atoms with Gasteiger partial charge in [-0.15, -0.1) is 0 Å². The summed E-state index contributed by atoms with van der Waals surface area (Å²) in [4.78, 5) is 14.3. The molecule has 0 saturated carbocycles. The predicted octanol–water partition coefficient (Wildman–Crippen LogP) is 3.22. The number of amides is 1. The van der Waals surface area contributed by atoms with Gasteiger partial charge in [-0.3, -0.25) is 4.79 Å². The van der Waals surface area contributed by atoms with Gasteiger partial charge in [0.25, 0.3) is 5.91 Å². The molecule has 174 valence electrons. The number of anilines is 2. The molecule has 32 heavy (non-hydrogen) atoms. The van der Waals surface area contributed by atoms with Crippen LogP contribution in [0.1, 0.15) is 29.8 Å². The minimum absolute atomic E-state index is 0.0183. The fourth-order valence-corrected chi connectivity index (χ4v) is 3.63. The van der Waals surface area contributed by atoms with Crippen molar-refractivity contribution in [3.8, 4) is 0 Å². The Hall–Kier alpha value is -2.62. The molecule has 1 heterocycles. The number of aryl methyl sites for hydroxylation is 1. The molecule has 1 fully saturated rings. The average molecular weight is 451 g/mol. The second kappa shape index (κ2) is 9.89. The molecule has 0 spiro atoms. The largest absolute Gasteiger partial charge is 0.385 e. The third kappa shape index (κ3) is 5.23. The van der Waals surface area contributed by atoms with Crippen LogP contribution in [0.5, 0.6) is 0 Å². The molecule has 9 heteroatoms. The highest BCUT2D eigenvalue weighted by molar-refractivity contribution is 6.01. The van der Waals surface area contributed by atoms with E-state index in [0.717, 1.165) is 17.7 Å². The first kappa shape index (κ1) is 24.0. The fraction of sp³-hybridized carbons (Fsp3) is 0.435. The van der Waals surface area contributed by atoms with Gasteiger partial charge in [0.1, 0.15) is 11.4 Å². The zero-order chi connectivity index (χ0) is 23.5. The van der Waals surface area contributed by atoms with Crippen LogP contribution in [-0.2, 0) is 11.2 Å². The van der Waals surface area contributed by atoms with E-state index < -0.39 is 34.6 Å². The van der Waals surface area contributed by atoms with Crippen LogP contribution < -0.4 is 10.6 Å². The van der Waals surface area contributed by atoms with Crippen molar-refractivity contribution in [2.24, 2.45) is 0 Å². The summed E-state index contributed by atoms with van der Waals surface area (Å²) in [5.41, 5.74) is -1.05. The minimum atomic E-state index is -1.28. The fourth-order valence-electron chi connectivity index (χ4n) is 3.63. The number of halogens is 3. The lowest BCUT2D eigenvalue weighted by molar-refractivity contribution is -0.0803. The molecule has 3 N–H and O–H groups in total. The first-order valence-electron chi connectivity index (χ1n) is 10.4. The lowest BCUT2D eigenvalue weighted by atomic mass is 9.92. The molecule has 0 aliphatic carbocycles. The highest BCUT2D eigenvalue weighted by Gasteiger charge is 2.44. The zero-order valence-electron chi connectivity index (χ0n) is 18.3. The molecule has 1 saturated heterocycles. The summed E-state index contributed by atoms with van der Waals surface area (Å²) in [5.74, 6) is -3.67. The molecule has 1 atom stereocenters. The number of nitrogens with one attached hydrogen (secondary N) is 2. The van der Waals surface area contributed by atoms with Crippen LogP contribution in [0.3, 0.4) is 0 Å². The first-order chi connectivity index (χ1) is 15.2. The third-order valence-corrected chi connectivity index (χ3v) is 5.48. The standard InChI is InChI=1S/C23H28F3N3O3/c1-4-15-5-8-19(18(25)9-15)28-21-16(6-7-17(24)20(21)26)22(30)29-12-23(31,13-29)11-27-14(2)10-32-3/h5-9,14,27-28,31H,4,10-13H2,1-3H3. The summed E-state index contributed by atoms with van der Waals surface area (Å²) >= 11 is 0. The summed E-state index contributed by atoms with van der Waals surface area (Å²) in [7, 11) is 1.58. The number of rotatable bonds is 9. The summed E-state index contributed by atoms with van der Waals surface area (Å²) in [5, 5.41) is 16.2. The molecule has 0 radical (unpaired) electrons. The molecule has 3 rings (SSSR count). The molecule has 1 aliphatic rings. The maximum Gasteiger partial charge on any atom is 0.256 e. The molecule has 1 aliphatic heterocycles. The van der Waals surface area contributed by atoms with E-state index in [2.05, 4.69) is 10.6 Å². The van der Waals surface area contributed by atoms with Crippen LogP contribution in [0, 0.1) is 17.5 Å². The smallest absolute Gasteiger partial charge is 0.256 e. The summed E-state index contributed by atoms with van der Waals surface area (Å²) in [6, 6.07) is 6.40. The van der Waals surface area contributed by atoms with E-state index in [4.69, 9.17) is 4.74 Å². The van der Waals surface area contributed by atoms with Crippen LogP contribution in [0.25, 0.3) is 0 Å². The highest BCUT2D eigenvalue weighted by atomic mass is 19.2. The van der Waals surface area contributed by atoms with Crippen molar-refractivity contribution < 1.29 is 27.8 Å². The summed E-state index contributed by atoms with van der Waals surface area (Å²) in [6.45, 7) is 4.54. The quantitative estimate of drug-likeness (QED) is 0.546. The Kier molecular flexibility index (Phi) is 7.43. The van der Waals surface area contributed by atoms with Crippen LogP contribution in [0.15, 0.2) is 30.3 Å². The summed E-state index contributed by atoms with van der Waals surface area (Å²) < 4.78 is 48.0. The lowest BCUT2D eigenvalue weighted by Crippen LogP contribution is -2.67. The van der Waals surface area contributed by atoms with Gasteiger partial charge in [0.05, 0.1) is 36.6 Å². The van der Waals surface area contributed by atoms with Crippen molar-refractivity contribution in [2.45, 2.75) is 31.9 Å². The van der Waals surface area contributed by atoms with Crippen molar-refractivity contribution in [1.82, 2.24) is 10.2 Å². The van der Waals surface area contributed by atoms with Gasteiger partial charge in [-0.1, -0.05) is 13.0 Å². The van der Waals surface area contributed by atoms with Gasteiger partial charge in [0.15, 0.2) is 11.6 Å². The number of benzene rings is 2. The Balaban J connectivity index is 1.76. The number of β-amino-alcohol motifs (C(OH)–C–C–N with tert-alkyl or cyclic N) is 1. The van der Waals surface area contributed by atoms with Crippen molar-refractivity contribution in [3.05, 3.63) is 58.9 Å². The second-order valence-electron chi connectivity index (χ2n) is 8.20. The number of methoxy groups -OCH3 is 1. The number of carbonyl (C=O) groups is 1. The molecule has 6 nitrogen and oxygen atoms in total. The van der Waals surface area contributed by atoms with Gasteiger partial charge in [-0.05, 0) is 43.2 Å². The number of nitrogens with zero attached hydrogens (tertiary/aromatic N) is 1. The Labute approximate surface area is 185 Å². The molecule has 1 unspecified atom stereocenters. The van der Waals surface area contributed by atoms with Crippen molar-refractivity contribution in [2.75, 3.05) is 38.7 Å². The van der Waals surface area contributed by atoms with E-state index in [0.29, 0.717) is 13.0 Å². The molecule has 2 aromatic carbocycles. The van der Waals surface area contributed by atoms with E-state index in [-0.39, 0.29) is 36.9 Å². The third-order valence-electron chi connectivity index (χ3n) is 5.48. The summed E-state index contributed by atoms with van der Waals surface area (Å²) in [6.07, 6.45) is 0.617. The Morgan fingerprint density at radius 3 is 2.56 bits per heavy atom. The number of hydrogen-bond acceptors (Lipinski definition) is 5. The number of ether oxygens (including phenoxy) is 1. The van der Waals surface area contributed by atoms with Gasteiger partial charge in [-0.2, -0.15) is 0 Å². The number of hydrogen-bond donors (Lipinski definition) is 3. The molecule has 2 aromatic rings. The first-order valence-corrected chi connectivity index (χ1v) is 10.4. The van der Waals surface area contributed by atoms with E-state index in [1.54, 1.807) is 13.2 Å². The van der Waals surface area contributed by atoms with Gasteiger partial charge in [0.2, 0.25) is 0 Å². The molecule has 0 bridgehead atoms. The Morgan fingerprint density at radius 1 is 1.22 bits per heavy atom. The number of carbonyl (C=O) groups excluding carboxylic acids is 1. The number of likely N-dealkylation sites (tertiary alicyclic amines) is 1. The van der Waals surface area contributed by atoms with E-state index >= 15 is 0 Å². The SMILES string of the molecule is CCc1ccc(Nc2c(C(=O)N3CC(O)(CNC(C)COC)C3)ccc(F)c2F)c(F)c1. The average Bonchev–Trinajstić information content (AvgIpc) is 2.74. The highest BCUT2D eigenvalue weighted by Crippen LogP contribution is 2.31. The monoisotopic (exact) mass is 451 g/mol. The van der Waals surface area contributed by atoms with Crippen molar-refractivity contribution in [3.63, 3.8) is 0 Å². The normalized spacial score (nSPS) is 15.9. The van der Waals surface area contributed by atoms with Gasteiger partial charge < -0.3 is 25.4 Å². The van der Waals surface area contributed by atoms with Crippen molar-refractivity contribution in [1.29, 1.82) is 0 Å². The van der Waals surface area contributed by atoms with Crippen molar-refractivity contribution >= 4 is 17.3 Å². The van der Waals surface area contributed by atoms with E-state index in [9.17, 15) is 23.1 Å². The number of aliphatic hydroxyl groups is 1. The lowest BCUT2D eigenvalue weighted by Gasteiger charge is -2.47. The van der Waals surface area contributed by atoms with E-state index in [1.165, 1.54) is 17.0 Å². The van der Waals surface area contributed by atoms with Crippen LogP contribution in [-0.4, -0.2) is 60.9 Å². The Morgan fingerprint density at radius 2 is 1.94 bits per heavy atom. The molecule has 1 amide bonds. The topological polar surface area (TPSA) is 73.8 Å². The van der Waals surface area contributed by atoms with Crippen LogP contribution in [0.2, 0.25) is 0 Å². The minimum Gasteiger partial charge on any atom is -0.385 e. The van der Waals surface area contributed by atoms with E-state index in [1.807, 2.05) is 13.8 Å². The van der Waals surface area contributed by atoms with Gasteiger partial charge >= 0.3 is 0 Å². The predicted molar refractivity (Wildman–Crippen MR) is 116 cm³/mol. The molecular weight excluding hydrogens is 423 g/mol. The molecule has 0 aromatic heterocycles. The maximum atomic E-state index is 14.6. The maximum absolute atomic E-state index is 14.6. The Bertz CT molecular complexity index is 980. The van der Waals surface area contributed by atoms with Gasteiger partial charge in [-0.25, -0.2) is 13.2 Å². The van der Waals surface area contributed by atoms with Crippen LogP contribution in [0.4, 0.5) is 24.5 Å². The van der Waals surface area contributed by atoms with Gasteiger partial charge in [0, 0.05) is 19.7 Å².